The van der Waals surface area contributed by atoms with Gasteiger partial charge in [-0.05, 0) is 18.6 Å². The molecule has 0 spiro atoms. The van der Waals surface area contributed by atoms with Crippen molar-refractivity contribution in [3.63, 3.8) is 0 Å². The second kappa shape index (κ2) is 5.03. The van der Waals surface area contributed by atoms with Gasteiger partial charge in [-0.25, -0.2) is 0 Å². The molecule has 0 bridgehead atoms. The Morgan fingerprint density at radius 3 is 2.90 bits per heavy atom. The summed E-state index contributed by atoms with van der Waals surface area (Å²) >= 11 is 0. The Labute approximate surface area is 116 Å². The van der Waals surface area contributed by atoms with E-state index in [0.29, 0.717) is 23.6 Å². The van der Waals surface area contributed by atoms with E-state index in [9.17, 15) is 9.59 Å². The van der Waals surface area contributed by atoms with Gasteiger partial charge in [-0.15, -0.1) is 0 Å². The van der Waals surface area contributed by atoms with Gasteiger partial charge in [0.25, 0.3) is 0 Å². The van der Waals surface area contributed by atoms with Crippen molar-refractivity contribution in [2.45, 2.75) is 25.8 Å². The topological polar surface area (TPSA) is 67.9 Å². The summed E-state index contributed by atoms with van der Waals surface area (Å²) < 4.78 is 10.5. The van der Waals surface area contributed by atoms with Crippen LogP contribution >= 0.6 is 0 Å². The van der Waals surface area contributed by atoms with E-state index in [2.05, 4.69) is 5.32 Å². The molecule has 3 rings (SSSR count). The van der Waals surface area contributed by atoms with Crippen molar-refractivity contribution in [2.75, 3.05) is 18.2 Å². The normalized spacial score (nSPS) is 21.1. The second-order valence-electron chi connectivity index (χ2n) is 4.87. The number of ether oxygens (including phenoxy) is 2. The van der Waals surface area contributed by atoms with E-state index < -0.39 is 6.04 Å². The third kappa shape index (κ3) is 2.17. The monoisotopic (exact) mass is 276 g/mol. The molecule has 2 aliphatic heterocycles. The quantitative estimate of drug-likeness (QED) is 0.896. The van der Waals surface area contributed by atoms with Crippen molar-refractivity contribution < 1.29 is 19.1 Å². The highest BCUT2D eigenvalue weighted by molar-refractivity contribution is 6.06. The molecule has 0 radical (unpaired) electrons. The molecule has 2 heterocycles. The Morgan fingerprint density at radius 1 is 1.30 bits per heavy atom. The average Bonchev–Trinajstić information content (AvgIpc) is 2.90. The minimum atomic E-state index is -0.438. The zero-order valence-corrected chi connectivity index (χ0v) is 11.2. The number of hydrogen-bond donors (Lipinski definition) is 1. The summed E-state index contributed by atoms with van der Waals surface area (Å²) in [4.78, 5) is 25.7. The number of benzene rings is 1. The smallest absolute Gasteiger partial charge is 0.250 e. The van der Waals surface area contributed by atoms with Gasteiger partial charge >= 0.3 is 0 Å². The highest BCUT2D eigenvalue weighted by Crippen LogP contribution is 2.35. The second-order valence-corrected chi connectivity index (χ2v) is 4.87. The first-order valence-electron chi connectivity index (χ1n) is 6.69. The third-order valence-electron chi connectivity index (χ3n) is 3.45. The molecule has 1 saturated heterocycles. The first-order valence-corrected chi connectivity index (χ1v) is 6.69. The van der Waals surface area contributed by atoms with Gasteiger partial charge < -0.3 is 19.7 Å². The van der Waals surface area contributed by atoms with E-state index in [1.165, 1.54) is 4.90 Å². The Balaban J connectivity index is 1.88. The van der Waals surface area contributed by atoms with Gasteiger partial charge in [-0.3, -0.25) is 9.59 Å². The number of rotatable bonds is 3. The van der Waals surface area contributed by atoms with Crippen molar-refractivity contribution in [3.8, 4) is 11.5 Å². The number of piperazine rings is 1. The summed E-state index contributed by atoms with van der Waals surface area (Å²) in [5.74, 6) is 1.05. The van der Waals surface area contributed by atoms with Gasteiger partial charge in [0.05, 0.1) is 0 Å². The van der Waals surface area contributed by atoms with E-state index in [1.807, 2.05) is 6.92 Å². The largest absolute Gasteiger partial charge is 0.454 e. The van der Waals surface area contributed by atoms with Crippen LogP contribution in [0, 0.1) is 0 Å². The molecule has 1 atom stereocenters. The van der Waals surface area contributed by atoms with E-state index in [0.717, 1.165) is 6.42 Å². The van der Waals surface area contributed by atoms with Gasteiger partial charge in [0.2, 0.25) is 18.6 Å². The number of hydrogen-bond acceptors (Lipinski definition) is 4. The molecule has 2 aliphatic rings. The number of anilines is 1. The van der Waals surface area contributed by atoms with Crippen molar-refractivity contribution >= 4 is 17.5 Å². The van der Waals surface area contributed by atoms with Gasteiger partial charge in [-0.2, -0.15) is 0 Å². The number of amides is 2. The Bertz CT molecular complexity index is 558. The van der Waals surface area contributed by atoms with Gasteiger partial charge in [0, 0.05) is 11.8 Å². The lowest BCUT2D eigenvalue weighted by Crippen LogP contribution is -2.58. The molecule has 1 aromatic rings. The summed E-state index contributed by atoms with van der Waals surface area (Å²) in [5.41, 5.74) is 0.662. The van der Waals surface area contributed by atoms with Crippen LogP contribution in [0.15, 0.2) is 18.2 Å². The van der Waals surface area contributed by atoms with Gasteiger partial charge in [0.15, 0.2) is 11.5 Å². The van der Waals surface area contributed by atoms with Crippen LogP contribution in [0.25, 0.3) is 0 Å². The summed E-state index contributed by atoms with van der Waals surface area (Å²) in [5, 5.41) is 2.73. The highest BCUT2D eigenvalue weighted by Gasteiger charge is 2.33. The molecule has 1 N–H and O–H groups in total. The SMILES string of the molecule is CCCC1NC(=O)CN(c2ccc3c(c2)OCO3)C1=O. The first kappa shape index (κ1) is 12.8. The standard InChI is InChI=1S/C14H16N2O4/c1-2-3-10-14(18)16(7-13(17)15-10)9-4-5-11-12(6-9)20-8-19-11/h4-6,10H,2-3,7-8H2,1H3,(H,15,17). The maximum absolute atomic E-state index is 12.4. The first-order chi connectivity index (χ1) is 9.69. The summed E-state index contributed by atoms with van der Waals surface area (Å²) in [7, 11) is 0. The molecule has 6 heteroatoms. The average molecular weight is 276 g/mol. The number of carbonyl (C=O) groups excluding carboxylic acids is 2. The maximum Gasteiger partial charge on any atom is 0.250 e. The molecule has 6 nitrogen and oxygen atoms in total. The van der Waals surface area contributed by atoms with Crippen LogP contribution < -0.4 is 19.7 Å². The number of nitrogens with one attached hydrogen (secondary N) is 1. The van der Waals surface area contributed by atoms with E-state index in [1.54, 1.807) is 18.2 Å². The van der Waals surface area contributed by atoms with Crippen molar-refractivity contribution in [2.24, 2.45) is 0 Å². The Hall–Kier alpha value is -2.24. The third-order valence-corrected chi connectivity index (χ3v) is 3.45. The predicted molar refractivity (Wildman–Crippen MR) is 71.8 cm³/mol. The fraction of sp³-hybridized carbons (Fsp3) is 0.429. The van der Waals surface area contributed by atoms with Crippen LogP contribution in [0.2, 0.25) is 0 Å². The molecule has 2 amide bonds. The lowest BCUT2D eigenvalue weighted by atomic mass is 10.1. The predicted octanol–water partition coefficient (Wildman–Crippen LogP) is 1.05. The molecular formula is C14H16N2O4. The minimum Gasteiger partial charge on any atom is -0.454 e. The van der Waals surface area contributed by atoms with Crippen molar-refractivity contribution in [1.82, 2.24) is 5.32 Å². The molecule has 20 heavy (non-hydrogen) atoms. The molecule has 0 saturated carbocycles. The molecular weight excluding hydrogens is 260 g/mol. The van der Waals surface area contributed by atoms with Gasteiger partial charge in [0.1, 0.15) is 12.6 Å². The van der Waals surface area contributed by atoms with Crippen molar-refractivity contribution in [1.29, 1.82) is 0 Å². The van der Waals surface area contributed by atoms with Crippen LogP contribution in [0.4, 0.5) is 5.69 Å². The molecule has 0 aliphatic carbocycles. The molecule has 1 unspecified atom stereocenters. The maximum atomic E-state index is 12.4. The fourth-order valence-corrected chi connectivity index (χ4v) is 2.47. The van der Waals surface area contributed by atoms with Crippen LogP contribution in [-0.4, -0.2) is 31.2 Å². The van der Waals surface area contributed by atoms with E-state index >= 15 is 0 Å². The highest BCUT2D eigenvalue weighted by atomic mass is 16.7. The zero-order chi connectivity index (χ0) is 14.1. The summed E-state index contributed by atoms with van der Waals surface area (Å²) in [6.07, 6.45) is 1.48. The van der Waals surface area contributed by atoms with Gasteiger partial charge in [-0.1, -0.05) is 13.3 Å². The van der Waals surface area contributed by atoms with Crippen LogP contribution in [0.1, 0.15) is 19.8 Å². The molecule has 1 aromatic carbocycles. The minimum absolute atomic E-state index is 0.0404. The Morgan fingerprint density at radius 2 is 2.10 bits per heavy atom. The molecule has 0 aromatic heterocycles. The lowest BCUT2D eigenvalue weighted by molar-refractivity contribution is -0.131. The molecule has 106 valence electrons. The number of fused-ring (bicyclic) bond motifs is 1. The zero-order valence-electron chi connectivity index (χ0n) is 11.2. The molecule has 1 fully saturated rings. The van der Waals surface area contributed by atoms with E-state index in [4.69, 9.17) is 9.47 Å². The van der Waals surface area contributed by atoms with Crippen LogP contribution in [-0.2, 0) is 9.59 Å². The Kier molecular flexibility index (Phi) is 3.22. The number of nitrogens with zero attached hydrogens (tertiary/aromatic N) is 1. The fourth-order valence-electron chi connectivity index (χ4n) is 2.47. The van der Waals surface area contributed by atoms with E-state index in [-0.39, 0.29) is 25.2 Å². The van der Waals surface area contributed by atoms with Crippen molar-refractivity contribution in [3.05, 3.63) is 18.2 Å². The lowest BCUT2D eigenvalue weighted by Gasteiger charge is -2.32. The summed E-state index contributed by atoms with van der Waals surface area (Å²) in [6.45, 7) is 2.21. The number of carbonyl (C=O) groups is 2. The van der Waals surface area contributed by atoms with Crippen LogP contribution in [0.5, 0.6) is 11.5 Å². The summed E-state index contributed by atoms with van der Waals surface area (Å²) in [6, 6.07) is 4.83. The van der Waals surface area contributed by atoms with Crippen LogP contribution in [0.3, 0.4) is 0 Å².